The molecule has 21 heavy (non-hydrogen) atoms. The molecule has 0 aliphatic carbocycles. The fourth-order valence-corrected chi connectivity index (χ4v) is 3.23. The summed E-state index contributed by atoms with van der Waals surface area (Å²) in [6.45, 7) is 0. The zero-order valence-electron chi connectivity index (χ0n) is 10.5. The summed E-state index contributed by atoms with van der Waals surface area (Å²) in [6.07, 6.45) is 0. The molecule has 0 aliphatic rings. The van der Waals surface area contributed by atoms with Crippen LogP contribution in [0, 0.1) is 17.1 Å². The Morgan fingerprint density at radius 2 is 2.00 bits per heavy atom. The summed E-state index contributed by atoms with van der Waals surface area (Å²) in [5, 5.41) is 8.90. The molecule has 2 aromatic rings. The van der Waals surface area contributed by atoms with Crippen molar-refractivity contribution in [1.29, 1.82) is 5.26 Å². The first-order valence-electron chi connectivity index (χ1n) is 5.61. The van der Waals surface area contributed by atoms with Crippen molar-refractivity contribution in [3.05, 3.63) is 52.3 Å². The zero-order chi connectivity index (χ0) is 15.6. The van der Waals surface area contributed by atoms with Gasteiger partial charge in [0.15, 0.2) is 0 Å². The van der Waals surface area contributed by atoms with Crippen molar-refractivity contribution in [1.82, 2.24) is 0 Å². The lowest BCUT2D eigenvalue weighted by Gasteiger charge is -2.10. The van der Waals surface area contributed by atoms with Crippen molar-refractivity contribution in [3.8, 4) is 6.07 Å². The lowest BCUT2D eigenvalue weighted by Crippen LogP contribution is -2.15. The molecule has 0 fully saturated rings. The predicted molar refractivity (Wildman–Crippen MR) is 80.5 cm³/mol. The molecule has 0 radical (unpaired) electrons. The number of nitrogens with two attached hydrogens (primary N) is 1. The summed E-state index contributed by atoms with van der Waals surface area (Å²) < 4.78 is 40.8. The Hall–Kier alpha value is -2.11. The molecule has 2 aromatic carbocycles. The van der Waals surface area contributed by atoms with Gasteiger partial charge in [0.25, 0.3) is 10.0 Å². The molecule has 2 rings (SSSR count). The van der Waals surface area contributed by atoms with E-state index in [2.05, 4.69) is 20.7 Å². The van der Waals surface area contributed by atoms with E-state index >= 15 is 0 Å². The second-order valence-electron chi connectivity index (χ2n) is 4.07. The summed E-state index contributed by atoms with van der Waals surface area (Å²) in [7, 11) is -4.08. The number of benzene rings is 2. The maximum atomic E-state index is 13.5. The molecule has 0 aromatic heterocycles. The van der Waals surface area contributed by atoms with E-state index in [1.807, 2.05) is 0 Å². The van der Waals surface area contributed by atoms with Crippen molar-refractivity contribution >= 4 is 37.3 Å². The van der Waals surface area contributed by atoms with Gasteiger partial charge in [-0.3, -0.25) is 4.72 Å². The van der Waals surface area contributed by atoms with Crippen LogP contribution in [-0.2, 0) is 10.0 Å². The minimum absolute atomic E-state index is 0.240. The van der Waals surface area contributed by atoms with Crippen molar-refractivity contribution in [2.75, 3.05) is 10.5 Å². The van der Waals surface area contributed by atoms with E-state index in [1.54, 1.807) is 6.07 Å². The largest absolute Gasteiger partial charge is 0.398 e. The molecule has 0 atom stereocenters. The molecule has 0 saturated heterocycles. The standard InChI is InChI=1S/C13H9BrFN3O2S/c14-10-6-8(4-5-12(10)17)18-21(19,20)13-3-1-2-11(15)9(13)7-16/h1-6,18H,17H2. The topological polar surface area (TPSA) is 96.0 Å². The number of halogens is 2. The first-order valence-corrected chi connectivity index (χ1v) is 7.89. The van der Waals surface area contributed by atoms with Crippen LogP contribution in [-0.4, -0.2) is 8.42 Å². The van der Waals surface area contributed by atoms with Crippen LogP contribution in [0.25, 0.3) is 0 Å². The molecule has 108 valence electrons. The molecule has 5 nitrogen and oxygen atoms in total. The summed E-state index contributed by atoms with van der Waals surface area (Å²) >= 11 is 3.18. The van der Waals surface area contributed by atoms with E-state index in [0.29, 0.717) is 10.2 Å². The number of anilines is 2. The number of nitrogen functional groups attached to an aromatic ring is 1. The van der Waals surface area contributed by atoms with Gasteiger partial charge in [0.1, 0.15) is 22.3 Å². The monoisotopic (exact) mass is 369 g/mol. The molecule has 0 spiro atoms. The first-order chi connectivity index (χ1) is 9.85. The van der Waals surface area contributed by atoms with Crippen LogP contribution >= 0.6 is 15.9 Å². The van der Waals surface area contributed by atoms with Crippen molar-refractivity contribution < 1.29 is 12.8 Å². The molecule has 0 aliphatic heterocycles. The quantitative estimate of drug-likeness (QED) is 0.812. The third kappa shape index (κ3) is 3.15. The molecule has 0 heterocycles. The number of hydrogen-bond acceptors (Lipinski definition) is 4. The number of nitriles is 1. The highest BCUT2D eigenvalue weighted by molar-refractivity contribution is 9.10. The Kier molecular flexibility index (Phi) is 4.16. The molecule has 8 heteroatoms. The van der Waals surface area contributed by atoms with Gasteiger partial charge >= 0.3 is 0 Å². The third-order valence-electron chi connectivity index (χ3n) is 2.63. The maximum Gasteiger partial charge on any atom is 0.263 e. The smallest absolute Gasteiger partial charge is 0.263 e. The number of rotatable bonds is 3. The Balaban J connectivity index is 2.46. The van der Waals surface area contributed by atoms with E-state index in [4.69, 9.17) is 11.0 Å². The van der Waals surface area contributed by atoms with Gasteiger partial charge in [0.2, 0.25) is 0 Å². The highest BCUT2D eigenvalue weighted by atomic mass is 79.9. The Bertz CT molecular complexity index is 847. The number of nitrogens with one attached hydrogen (secondary N) is 1. The summed E-state index contributed by atoms with van der Waals surface area (Å²) in [5.41, 5.74) is 5.77. The third-order valence-corrected chi connectivity index (χ3v) is 4.74. The van der Waals surface area contributed by atoms with E-state index in [0.717, 1.165) is 12.1 Å². The van der Waals surface area contributed by atoms with Crippen molar-refractivity contribution in [2.45, 2.75) is 4.90 Å². The van der Waals surface area contributed by atoms with Gasteiger partial charge in [0.05, 0.1) is 5.69 Å². The molecular weight excluding hydrogens is 361 g/mol. The fraction of sp³-hybridized carbons (Fsp3) is 0. The van der Waals surface area contributed by atoms with Crippen molar-refractivity contribution in [2.24, 2.45) is 0 Å². The van der Waals surface area contributed by atoms with Crippen molar-refractivity contribution in [3.63, 3.8) is 0 Å². The SMILES string of the molecule is N#Cc1c(F)cccc1S(=O)(=O)Nc1ccc(N)c(Br)c1. The minimum Gasteiger partial charge on any atom is -0.398 e. The lowest BCUT2D eigenvalue weighted by atomic mass is 10.2. The molecule has 0 unspecified atom stereocenters. The highest BCUT2D eigenvalue weighted by Gasteiger charge is 2.21. The van der Waals surface area contributed by atoms with E-state index in [9.17, 15) is 12.8 Å². The molecule has 0 saturated carbocycles. The van der Waals surface area contributed by atoms with Crippen LogP contribution in [0.3, 0.4) is 0 Å². The maximum absolute atomic E-state index is 13.5. The fourth-order valence-electron chi connectivity index (χ4n) is 1.64. The summed E-state index contributed by atoms with van der Waals surface area (Å²) in [6, 6.07) is 9.41. The van der Waals surface area contributed by atoms with Crippen LogP contribution in [0.1, 0.15) is 5.56 Å². The van der Waals surface area contributed by atoms with Gasteiger partial charge in [0, 0.05) is 10.2 Å². The van der Waals surface area contributed by atoms with Gasteiger partial charge in [-0.25, -0.2) is 12.8 Å². The molecule has 0 bridgehead atoms. The van der Waals surface area contributed by atoms with Crippen LogP contribution in [0.2, 0.25) is 0 Å². The molecule has 3 N–H and O–H groups in total. The predicted octanol–water partition coefficient (Wildman–Crippen LogP) is 2.84. The number of nitrogens with zero attached hydrogens (tertiary/aromatic N) is 1. The van der Waals surface area contributed by atoms with E-state index in [-0.39, 0.29) is 5.69 Å². The van der Waals surface area contributed by atoms with Crippen LogP contribution in [0.4, 0.5) is 15.8 Å². The summed E-state index contributed by atoms with van der Waals surface area (Å²) in [5.74, 6) is -0.890. The second-order valence-corrected chi connectivity index (χ2v) is 6.57. The van der Waals surface area contributed by atoms with Crippen LogP contribution < -0.4 is 10.5 Å². The zero-order valence-corrected chi connectivity index (χ0v) is 12.9. The van der Waals surface area contributed by atoms with Crippen LogP contribution in [0.15, 0.2) is 45.8 Å². The van der Waals surface area contributed by atoms with Crippen LogP contribution in [0.5, 0.6) is 0 Å². The Morgan fingerprint density at radius 3 is 2.62 bits per heavy atom. The highest BCUT2D eigenvalue weighted by Crippen LogP contribution is 2.26. The van der Waals surface area contributed by atoms with Gasteiger partial charge in [-0.2, -0.15) is 5.26 Å². The Morgan fingerprint density at radius 1 is 1.29 bits per heavy atom. The average Bonchev–Trinajstić information content (AvgIpc) is 2.42. The second kappa shape index (κ2) is 5.71. The number of hydrogen-bond donors (Lipinski definition) is 2. The molecular formula is C13H9BrFN3O2S. The van der Waals surface area contributed by atoms with E-state index in [1.165, 1.54) is 24.3 Å². The lowest BCUT2D eigenvalue weighted by molar-refractivity contribution is 0.593. The summed E-state index contributed by atoms with van der Waals surface area (Å²) in [4.78, 5) is -0.419. The normalized spacial score (nSPS) is 10.9. The van der Waals surface area contributed by atoms with Gasteiger partial charge in [-0.05, 0) is 46.3 Å². The van der Waals surface area contributed by atoms with Gasteiger partial charge in [-0.1, -0.05) is 6.07 Å². The number of sulfonamides is 1. The average molecular weight is 370 g/mol. The minimum atomic E-state index is -4.08. The molecule has 0 amide bonds. The van der Waals surface area contributed by atoms with Gasteiger partial charge in [-0.15, -0.1) is 0 Å². The van der Waals surface area contributed by atoms with Gasteiger partial charge < -0.3 is 5.73 Å². The Labute approximate surface area is 129 Å². The first kappa shape index (κ1) is 15.3. The van der Waals surface area contributed by atoms with E-state index < -0.39 is 26.3 Å².